The van der Waals surface area contributed by atoms with Gasteiger partial charge in [-0.15, -0.1) is 0 Å². The molecule has 0 saturated heterocycles. The Labute approximate surface area is 371 Å². The molecule has 0 spiro atoms. The van der Waals surface area contributed by atoms with Crippen LogP contribution in [-0.4, -0.2) is 45.6 Å². The molecule has 0 aromatic heterocycles. The Morgan fingerprint density at radius 1 is 0.661 bits per heavy atom. The number of nitrogens with one attached hydrogen (secondary N) is 4. The van der Waals surface area contributed by atoms with Crippen LogP contribution in [0.5, 0.6) is 11.5 Å². The summed E-state index contributed by atoms with van der Waals surface area (Å²) < 4.78 is 22.6. The number of hydrogen-bond acceptors (Lipinski definition) is 8. The van der Waals surface area contributed by atoms with Gasteiger partial charge in [-0.05, 0) is 133 Å². The molecule has 4 aromatic carbocycles. The standard InChI is InChI=1S/C22H24Cl2N2O3S.C22H25ClN2O3S/c1-12-20(30)25-18-11-14(6-8-19(18)28-12)17(26-21(27)29-22(2,3)4)10-13-5-7-15(23)16(24)9-13;1-13-20(29)24-18-12-15(9-10-19(18)27-13)17(25-21(26)28-22(2,3)4)11-14-7-5-6-8-16(14)23/h5-9,11-12,17H,10H2,1-4H3,(H,25,30)(H,26,27);5-10,12-13,17H,11H2,1-4H3,(H,24,29)(H,25,26). The maximum atomic E-state index is 12.5. The third kappa shape index (κ3) is 13.3. The van der Waals surface area contributed by atoms with Crippen molar-refractivity contribution in [3.63, 3.8) is 0 Å². The lowest BCUT2D eigenvalue weighted by Gasteiger charge is -2.28. The third-order valence-corrected chi connectivity index (χ3v) is 10.8. The SMILES string of the molecule is CC1Oc2ccc(C(Cc3ccc(Cl)c(Cl)c3)NC(=O)OC(C)(C)C)cc2NC1=S.CC1Oc2ccc(C(Cc3ccccc3Cl)NC(=O)OC(C)(C)C)cc2NC1=S. The van der Waals surface area contributed by atoms with Crippen LogP contribution in [0.1, 0.15) is 89.7 Å². The molecule has 4 N–H and O–H groups in total. The number of amides is 2. The van der Waals surface area contributed by atoms with E-state index in [0.717, 1.165) is 39.4 Å². The van der Waals surface area contributed by atoms with E-state index in [0.29, 0.717) is 43.6 Å². The van der Waals surface area contributed by atoms with E-state index in [2.05, 4.69) is 21.3 Å². The summed E-state index contributed by atoms with van der Waals surface area (Å²) in [4.78, 5) is 26.2. The summed E-state index contributed by atoms with van der Waals surface area (Å²) in [6, 6.07) is 23.8. The van der Waals surface area contributed by atoms with Gasteiger partial charge in [-0.25, -0.2) is 9.59 Å². The maximum absolute atomic E-state index is 12.5. The number of hydrogen-bond donors (Lipinski definition) is 4. The lowest BCUT2D eigenvalue weighted by Crippen LogP contribution is -2.36. The number of rotatable bonds is 8. The highest BCUT2D eigenvalue weighted by Gasteiger charge is 2.27. The predicted octanol–water partition coefficient (Wildman–Crippen LogP) is 12.0. The van der Waals surface area contributed by atoms with Gasteiger partial charge in [0.05, 0.1) is 33.5 Å². The van der Waals surface area contributed by atoms with E-state index in [4.69, 9.17) is 78.2 Å². The first-order valence-corrected chi connectivity index (χ1v) is 21.0. The molecule has 4 atom stereocenters. The quantitative estimate of drug-likeness (QED) is 0.127. The normalized spacial score (nSPS) is 16.8. The van der Waals surface area contributed by atoms with E-state index < -0.39 is 23.4 Å². The minimum Gasteiger partial charge on any atom is -0.481 e. The van der Waals surface area contributed by atoms with E-state index >= 15 is 0 Å². The first-order chi connectivity index (χ1) is 27.6. The predicted molar refractivity (Wildman–Crippen MR) is 245 cm³/mol. The van der Waals surface area contributed by atoms with Crippen LogP contribution in [-0.2, 0) is 22.3 Å². The van der Waals surface area contributed by atoms with Crippen molar-refractivity contribution >= 4 is 92.8 Å². The number of halogens is 3. The van der Waals surface area contributed by atoms with Crippen molar-refractivity contribution in [2.24, 2.45) is 0 Å². The molecule has 4 unspecified atom stereocenters. The van der Waals surface area contributed by atoms with Gasteiger partial charge in [0.15, 0.2) is 0 Å². The first-order valence-electron chi connectivity index (χ1n) is 19.0. The highest BCUT2D eigenvalue weighted by Crippen LogP contribution is 2.36. The average Bonchev–Trinajstić information content (AvgIpc) is 3.13. The molecule has 59 heavy (non-hydrogen) atoms. The molecule has 314 valence electrons. The fraction of sp³-hybridized carbons (Fsp3) is 0.364. The summed E-state index contributed by atoms with van der Waals surface area (Å²) in [5.41, 5.74) is 3.97. The number of thiocarbonyl (C=S) groups is 2. The van der Waals surface area contributed by atoms with Crippen LogP contribution in [0, 0.1) is 0 Å². The zero-order chi connectivity index (χ0) is 43.2. The van der Waals surface area contributed by atoms with Crippen molar-refractivity contribution in [3.05, 3.63) is 116 Å². The molecule has 0 bridgehead atoms. The third-order valence-electron chi connectivity index (χ3n) is 8.86. The second-order valence-corrected chi connectivity index (χ2v) is 18.3. The molecule has 10 nitrogen and oxygen atoms in total. The number of carbonyl (C=O) groups excluding carboxylic acids is 2. The summed E-state index contributed by atoms with van der Waals surface area (Å²) >= 11 is 29.2. The molecule has 6 rings (SSSR count). The molecule has 4 aromatic rings. The van der Waals surface area contributed by atoms with Crippen LogP contribution in [0.2, 0.25) is 15.1 Å². The monoisotopic (exact) mass is 898 g/mol. The average molecular weight is 900 g/mol. The van der Waals surface area contributed by atoms with Crippen LogP contribution in [0.25, 0.3) is 0 Å². The highest BCUT2D eigenvalue weighted by molar-refractivity contribution is 7.81. The van der Waals surface area contributed by atoms with Gasteiger partial charge in [0.1, 0.15) is 44.9 Å². The lowest BCUT2D eigenvalue weighted by atomic mass is 9.98. The van der Waals surface area contributed by atoms with Gasteiger partial charge in [-0.1, -0.05) is 95.6 Å². The maximum Gasteiger partial charge on any atom is 0.408 e. The van der Waals surface area contributed by atoms with Crippen molar-refractivity contribution in [2.45, 2.75) is 104 Å². The number of anilines is 2. The Hall–Kier alpha value is -4.33. The summed E-state index contributed by atoms with van der Waals surface area (Å²) in [6.07, 6.45) is -0.345. The Bertz CT molecular complexity index is 2210. The van der Waals surface area contributed by atoms with Gasteiger partial charge in [-0.3, -0.25) is 0 Å². The van der Waals surface area contributed by atoms with Gasteiger partial charge in [-0.2, -0.15) is 0 Å². The minimum atomic E-state index is -0.605. The van der Waals surface area contributed by atoms with E-state index in [-0.39, 0.29) is 24.3 Å². The van der Waals surface area contributed by atoms with Gasteiger partial charge >= 0.3 is 12.2 Å². The Kier molecular flexibility index (Phi) is 15.0. The van der Waals surface area contributed by atoms with Crippen LogP contribution in [0.4, 0.5) is 21.0 Å². The number of ether oxygens (including phenoxy) is 4. The van der Waals surface area contributed by atoms with Crippen molar-refractivity contribution in [3.8, 4) is 11.5 Å². The van der Waals surface area contributed by atoms with E-state index in [1.165, 1.54) is 0 Å². The van der Waals surface area contributed by atoms with Crippen LogP contribution < -0.4 is 30.7 Å². The first kappa shape index (κ1) is 45.7. The van der Waals surface area contributed by atoms with Crippen molar-refractivity contribution in [1.29, 1.82) is 0 Å². The van der Waals surface area contributed by atoms with E-state index in [9.17, 15) is 9.59 Å². The molecule has 0 radical (unpaired) electrons. The molecular weight excluding hydrogens is 851 g/mol. The smallest absolute Gasteiger partial charge is 0.408 e. The van der Waals surface area contributed by atoms with Crippen molar-refractivity contribution in [1.82, 2.24) is 10.6 Å². The fourth-order valence-electron chi connectivity index (χ4n) is 6.08. The molecular formula is C44H49Cl3N4O6S2. The Morgan fingerprint density at radius 3 is 1.59 bits per heavy atom. The summed E-state index contributed by atoms with van der Waals surface area (Å²) in [5.74, 6) is 1.44. The van der Waals surface area contributed by atoms with E-state index in [1.807, 2.05) is 122 Å². The number of benzene rings is 4. The van der Waals surface area contributed by atoms with Gasteiger partial charge in [0.25, 0.3) is 0 Å². The van der Waals surface area contributed by atoms with Gasteiger partial charge in [0, 0.05) is 5.02 Å². The zero-order valence-corrected chi connectivity index (χ0v) is 38.0. The fourth-order valence-corrected chi connectivity index (χ4v) is 6.93. The van der Waals surface area contributed by atoms with Crippen LogP contribution in [0.15, 0.2) is 78.9 Å². The van der Waals surface area contributed by atoms with Gasteiger partial charge < -0.3 is 40.2 Å². The molecule has 0 fully saturated rings. The van der Waals surface area contributed by atoms with Crippen LogP contribution in [0.3, 0.4) is 0 Å². The second-order valence-electron chi connectivity index (χ2n) is 16.2. The molecule has 2 aliphatic rings. The Morgan fingerprint density at radius 2 is 1.14 bits per heavy atom. The number of alkyl carbamates (subject to hydrolysis) is 2. The van der Waals surface area contributed by atoms with Crippen LogP contribution >= 0.6 is 59.2 Å². The molecule has 2 aliphatic heterocycles. The van der Waals surface area contributed by atoms with E-state index in [1.54, 1.807) is 12.1 Å². The molecule has 15 heteroatoms. The molecule has 2 heterocycles. The second kappa shape index (κ2) is 19.4. The summed E-state index contributed by atoms with van der Waals surface area (Å²) in [6.45, 7) is 14.8. The molecule has 0 saturated carbocycles. The summed E-state index contributed by atoms with van der Waals surface area (Å²) in [5, 5.41) is 13.9. The largest absolute Gasteiger partial charge is 0.481 e. The minimum absolute atomic E-state index is 0.179. The Balaban J connectivity index is 0.000000224. The highest BCUT2D eigenvalue weighted by atomic mass is 35.5. The lowest BCUT2D eigenvalue weighted by molar-refractivity contribution is 0.0491. The number of carbonyl (C=O) groups is 2. The molecule has 0 aliphatic carbocycles. The summed E-state index contributed by atoms with van der Waals surface area (Å²) in [7, 11) is 0. The van der Waals surface area contributed by atoms with Gasteiger partial charge in [0.2, 0.25) is 0 Å². The zero-order valence-electron chi connectivity index (χ0n) is 34.1. The molecule has 2 amide bonds. The number of fused-ring (bicyclic) bond motifs is 2. The van der Waals surface area contributed by atoms with Crippen molar-refractivity contribution < 1.29 is 28.5 Å². The van der Waals surface area contributed by atoms with Crippen molar-refractivity contribution in [2.75, 3.05) is 10.6 Å². The topological polar surface area (TPSA) is 119 Å².